The molecule has 0 saturated heterocycles. The Morgan fingerprint density at radius 3 is 2.62 bits per heavy atom. The second-order valence-electron chi connectivity index (χ2n) is 5.21. The molecular weight excluding hydrogens is 284 g/mol. The zero-order valence-corrected chi connectivity index (χ0v) is 13.9. The zero-order chi connectivity index (χ0) is 15.4. The first-order valence-electron chi connectivity index (χ1n) is 7.44. The van der Waals surface area contributed by atoms with Crippen LogP contribution in [0.15, 0.2) is 18.3 Å². The fourth-order valence-electron chi connectivity index (χ4n) is 2.50. The van der Waals surface area contributed by atoms with Gasteiger partial charge >= 0.3 is 0 Å². The molecule has 0 radical (unpaired) electrons. The summed E-state index contributed by atoms with van der Waals surface area (Å²) < 4.78 is 1.99. The molecule has 0 spiro atoms. The average molecular weight is 307 g/mol. The highest BCUT2D eigenvalue weighted by Gasteiger charge is 2.19. The minimum Gasteiger partial charge on any atom is -0.310 e. The molecule has 21 heavy (non-hydrogen) atoms. The van der Waals surface area contributed by atoms with Crippen molar-refractivity contribution in [2.45, 2.75) is 46.7 Å². The first-order valence-corrected chi connectivity index (χ1v) is 7.82. The molecule has 0 amide bonds. The second kappa shape index (κ2) is 7.05. The Bertz CT molecular complexity index is 589. The lowest BCUT2D eigenvalue weighted by atomic mass is 10.0. The summed E-state index contributed by atoms with van der Waals surface area (Å²) in [6, 6.07) is 4.37. The van der Waals surface area contributed by atoms with E-state index in [4.69, 9.17) is 11.6 Å². The van der Waals surface area contributed by atoms with Gasteiger partial charge in [0.05, 0.1) is 16.4 Å². The van der Waals surface area contributed by atoms with Crippen LogP contribution >= 0.6 is 11.6 Å². The van der Waals surface area contributed by atoms with Crippen molar-refractivity contribution in [2.24, 2.45) is 0 Å². The highest BCUT2D eigenvalue weighted by molar-refractivity contribution is 6.31. The number of aryl methyl sites for hydroxylation is 3. The third kappa shape index (κ3) is 3.63. The van der Waals surface area contributed by atoms with Crippen LogP contribution in [0.25, 0.3) is 0 Å². The maximum Gasteiger partial charge on any atom is 0.0847 e. The number of halogens is 1. The Morgan fingerprint density at radius 1 is 1.29 bits per heavy atom. The lowest BCUT2D eigenvalue weighted by Gasteiger charge is -2.19. The molecule has 0 aliphatic heterocycles. The highest BCUT2D eigenvalue weighted by Crippen LogP contribution is 2.26. The summed E-state index contributed by atoms with van der Waals surface area (Å²) >= 11 is 6.42. The van der Waals surface area contributed by atoms with E-state index in [-0.39, 0.29) is 6.04 Å². The predicted octanol–water partition coefficient (Wildman–Crippen LogP) is 3.46. The summed E-state index contributed by atoms with van der Waals surface area (Å²) in [4.78, 5) is 4.40. The van der Waals surface area contributed by atoms with Crippen LogP contribution < -0.4 is 5.32 Å². The number of hydrogen-bond donors (Lipinski definition) is 1. The van der Waals surface area contributed by atoms with Gasteiger partial charge in [0, 0.05) is 30.9 Å². The van der Waals surface area contributed by atoms with Crippen LogP contribution in [0.2, 0.25) is 5.02 Å². The lowest BCUT2D eigenvalue weighted by molar-refractivity contribution is 0.515. The van der Waals surface area contributed by atoms with Crippen LogP contribution in [-0.4, -0.2) is 21.3 Å². The van der Waals surface area contributed by atoms with Crippen molar-refractivity contribution in [2.75, 3.05) is 6.54 Å². The summed E-state index contributed by atoms with van der Waals surface area (Å²) in [6.45, 7) is 9.87. The molecule has 4 nitrogen and oxygen atoms in total. The van der Waals surface area contributed by atoms with Gasteiger partial charge in [-0.25, -0.2) is 0 Å². The van der Waals surface area contributed by atoms with Crippen molar-refractivity contribution < 1.29 is 0 Å². The first-order chi connectivity index (χ1) is 10.1. The third-order valence-corrected chi connectivity index (χ3v) is 4.13. The number of aromatic nitrogens is 3. The van der Waals surface area contributed by atoms with Gasteiger partial charge in [-0.2, -0.15) is 5.10 Å². The molecule has 1 atom stereocenters. The molecule has 114 valence electrons. The summed E-state index contributed by atoms with van der Waals surface area (Å²) in [7, 11) is 0. The van der Waals surface area contributed by atoms with Gasteiger partial charge in [0.25, 0.3) is 0 Å². The van der Waals surface area contributed by atoms with Crippen molar-refractivity contribution in [1.29, 1.82) is 0 Å². The molecule has 0 bridgehead atoms. The average Bonchev–Trinajstić information content (AvgIpc) is 2.75. The highest BCUT2D eigenvalue weighted by atomic mass is 35.5. The third-order valence-electron chi connectivity index (χ3n) is 3.64. The van der Waals surface area contributed by atoms with E-state index in [0.717, 1.165) is 41.6 Å². The van der Waals surface area contributed by atoms with Crippen LogP contribution in [0, 0.1) is 13.8 Å². The molecule has 1 unspecified atom stereocenters. The zero-order valence-electron chi connectivity index (χ0n) is 13.2. The molecule has 0 aliphatic rings. The fraction of sp³-hybridized carbons (Fsp3) is 0.500. The number of likely N-dealkylation sites (N-methyl/N-ethyl adjacent to an activating group) is 1. The van der Waals surface area contributed by atoms with E-state index >= 15 is 0 Å². The Balaban J connectivity index is 2.30. The van der Waals surface area contributed by atoms with E-state index in [1.54, 1.807) is 0 Å². The largest absolute Gasteiger partial charge is 0.310 e. The minimum absolute atomic E-state index is 0.196. The Labute approximate surface area is 131 Å². The number of pyridine rings is 1. The van der Waals surface area contributed by atoms with Crippen molar-refractivity contribution in [3.05, 3.63) is 46.0 Å². The number of rotatable bonds is 6. The van der Waals surface area contributed by atoms with Gasteiger partial charge in [-0.1, -0.05) is 24.6 Å². The molecule has 0 fully saturated rings. The van der Waals surface area contributed by atoms with Crippen molar-refractivity contribution in [3.8, 4) is 0 Å². The molecule has 2 aromatic heterocycles. The molecule has 1 N–H and O–H groups in total. The monoisotopic (exact) mass is 306 g/mol. The maximum absolute atomic E-state index is 6.42. The van der Waals surface area contributed by atoms with Crippen LogP contribution in [0.5, 0.6) is 0 Å². The van der Waals surface area contributed by atoms with Crippen molar-refractivity contribution >= 4 is 11.6 Å². The smallest absolute Gasteiger partial charge is 0.0847 e. The van der Waals surface area contributed by atoms with Gasteiger partial charge in [0.15, 0.2) is 0 Å². The van der Waals surface area contributed by atoms with Gasteiger partial charge in [0.1, 0.15) is 0 Å². The number of hydrogen-bond acceptors (Lipinski definition) is 3. The summed E-state index contributed by atoms with van der Waals surface area (Å²) in [5, 5.41) is 8.78. The van der Waals surface area contributed by atoms with E-state index in [1.165, 1.54) is 5.56 Å². The standard InChI is InChI=1S/C16H23ClN4/c1-5-18-14(13-8-7-11(3)19-10-13)9-15-16(17)12(4)20-21(15)6-2/h7-8,10,14,18H,5-6,9H2,1-4H3. The first kappa shape index (κ1) is 16.0. The maximum atomic E-state index is 6.42. The van der Waals surface area contributed by atoms with Gasteiger partial charge in [-0.05, 0) is 38.9 Å². The number of nitrogens with zero attached hydrogens (tertiary/aromatic N) is 3. The summed E-state index contributed by atoms with van der Waals surface area (Å²) in [5.41, 5.74) is 4.19. The van der Waals surface area contributed by atoms with Gasteiger partial charge in [-0.3, -0.25) is 9.67 Å². The molecule has 0 aliphatic carbocycles. The second-order valence-corrected chi connectivity index (χ2v) is 5.59. The Kier molecular flexibility index (Phi) is 5.37. The molecule has 0 saturated carbocycles. The van der Waals surface area contributed by atoms with Crippen molar-refractivity contribution in [1.82, 2.24) is 20.1 Å². The quantitative estimate of drug-likeness (QED) is 0.888. The van der Waals surface area contributed by atoms with Gasteiger partial charge in [-0.15, -0.1) is 0 Å². The molecule has 2 heterocycles. The summed E-state index contributed by atoms with van der Waals surface area (Å²) in [6.07, 6.45) is 2.75. The van der Waals surface area contributed by atoms with Crippen LogP contribution in [-0.2, 0) is 13.0 Å². The van der Waals surface area contributed by atoms with E-state index < -0.39 is 0 Å². The van der Waals surface area contributed by atoms with Gasteiger partial charge < -0.3 is 5.32 Å². The Hall–Kier alpha value is -1.39. The molecular formula is C16H23ClN4. The Morgan fingerprint density at radius 2 is 2.05 bits per heavy atom. The SMILES string of the molecule is CCNC(Cc1c(Cl)c(C)nn1CC)c1ccc(C)nc1. The predicted molar refractivity (Wildman–Crippen MR) is 86.7 cm³/mol. The molecule has 0 aromatic carbocycles. The van der Waals surface area contributed by atoms with Crippen LogP contribution in [0.3, 0.4) is 0 Å². The minimum atomic E-state index is 0.196. The molecule has 2 aromatic rings. The lowest BCUT2D eigenvalue weighted by Crippen LogP contribution is -2.24. The molecule has 5 heteroatoms. The number of nitrogens with one attached hydrogen (secondary N) is 1. The van der Waals surface area contributed by atoms with E-state index in [0.29, 0.717) is 0 Å². The summed E-state index contributed by atoms with van der Waals surface area (Å²) in [5.74, 6) is 0. The van der Waals surface area contributed by atoms with Crippen LogP contribution in [0.4, 0.5) is 0 Å². The van der Waals surface area contributed by atoms with Gasteiger partial charge in [0.2, 0.25) is 0 Å². The van der Waals surface area contributed by atoms with Crippen LogP contribution in [0.1, 0.15) is 42.5 Å². The van der Waals surface area contributed by atoms with Crippen molar-refractivity contribution in [3.63, 3.8) is 0 Å². The van der Waals surface area contributed by atoms with E-state index in [9.17, 15) is 0 Å². The van der Waals surface area contributed by atoms with E-state index in [1.807, 2.05) is 30.8 Å². The topological polar surface area (TPSA) is 42.7 Å². The molecule has 2 rings (SSSR count). The fourth-order valence-corrected chi connectivity index (χ4v) is 2.71. The van der Waals surface area contributed by atoms with E-state index in [2.05, 4.69) is 35.3 Å². The normalized spacial score (nSPS) is 12.6.